The van der Waals surface area contributed by atoms with Crippen LogP contribution in [0.3, 0.4) is 0 Å². The standard InChI is InChI=1S/C23H26N4O4S2/c1-30-20-11-9-18(10-12-20)16-27(33(28,29)26-13-6-14-26)21-15-22(31-2)25-23(24-21)32-17-19-7-4-3-5-8-19/h3-5,7-12,15H,6,13-14,16-17H2,1-2H3. The molecular formula is C23H26N4O4S2. The third-order valence-corrected chi connectivity index (χ3v) is 8.06. The van der Waals surface area contributed by atoms with Crippen molar-refractivity contribution in [2.75, 3.05) is 31.6 Å². The van der Waals surface area contributed by atoms with Gasteiger partial charge in [0.2, 0.25) is 5.88 Å². The molecule has 0 radical (unpaired) electrons. The summed E-state index contributed by atoms with van der Waals surface area (Å²) in [6.45, 7) is 1.13. The number of anilines is 1. The summed E-state index contributed by atoms with van der Waals surface area (Å²) in [6.07, 6.45) is 0.848. The predicted octanol–water partition coefficient (Wildman–Crippen LogP) is 3.74. The third kappa shape index (κ3) is 5.58. The van der Waals surface area contributed by atoms with Gasteiger partial charge in [-0.1, -0.05) is 54.2 Å². The SMILES string of the molecule is COc1ccc(CN(c2cc(OC)nc(SCc3ccccc3)n2)S(=O)(=O)N2CCC2)cc1. The summed E-state index contributed by atoms with van der Waals surface area (Å²) < 4.78 is 40.3. The number of hydrogen-bond donors (Lipinski definition) is 0. The van der Waals surface area contributed by atoms with E-state index in [1.165, 1.54) is 27.5 Å². The van der Waals surface area contributed by atoms with Crippen LogP contribution in [0.1, 0.15) is 17.5 Å². The molecule has 33 heavy (non-hydrogen) atoms. The smallest absolute Gasteiger partial charge is 0.305 e. The molecule has 1 aliphatic heterocycles. The number of rotatable bonds is 10. The lowest BCUT2D eigenvalue weighted by atomic mass is 10.2. The summed E-state index contributed by atoms with van der Waals surface area (Å²) in [7, 11) is -0.656. The van der Waals surface area contributed by atoms with E-state index < -0.39 is 10.2 Å². The van der Waals surface area contributed by atoms with Gasteiger partial charge in [-0.3, -0.25) is 0 Å². The lowest BCUT2D eigenvalue weighted by molar-refractivity contribution is 0.307. The molecule has 1 saturated heterocycles. The molecule has 0 spiro atoms. The summed E-state index contributed by atoms with van der Waals surface area (Å²) in [6, 6.07) is 18.9. The molecule has 2 heterocycles. The Bertz CT molecular complexity index is 1170. The first-order valence-corrected chi connectivity index (χ1v) is 12.9. The lowest BCUT2D eigenvalue weighted by Gasteiger charge is -2.35. The highest BCUT2D eigenvalue weighted by Gasteiger charge is 2.35. The highest BCUT2D eigenvalue weighted by molar-refractivity contribution is 7.98. The fraction of sp³-hybridized carbons (Fsp3) is 0.304. The Morgan fingerprint density at radius 1 is 0.970 bits per heavy atom. The lowest BCUT2D eigenvalue weighted by Crippen LogP contribution is -2.50. The molecule has 0 amide bonds. The Kier molecular flexibility index (Phi) is 7.36. The molecule has 0 aliphatic carbocycles. The van der Waals surface area contributed by atoms with Crippen molar-refractivity contribution in [3.8, 4) is 11.6 Å². The van der Waals surface area contributed by atoms with Crippen LogP contribution in [-0.2, 0) is 22.5 Å². The third-order valence-electron chi connectivity index (χ3n) is 5.25. The molecule has 2 aromatic carbocycles. The van der Waals surface area contributed by atoms with Gasteiger partial charge in [-0.2, -0.15) is 17.7 Å². The molecule has 0 N–H and O–H groups in total. The second-order valence-corrected chi connectivity index (χ2v) is 10.2. The van der Waals surface area contributed by atoms with Crippen LogP contribution < -0.4 is 13.8 Å². The molecule has 4 rings (SSSR count). The molecule has 174 valence electrons. The number of aromatic nitrogens is 2. The van der Waals surface area contributed by atoms with Crippen molar-refractivity contribution in [1.29, 1.82) is 0 Å². The largest absolute Gasteiger partial charge is 0.497 e. The Morgan fingerprint density at radius 2 is 1.70 bits per heavy atom. The maximum absolute atomic E-state index is 13.5. The first-order valence-electron chi connectivity index (χ1n) is 10.5. The normalized spacial score (nSPS) is 13.9. The van der Waals surface area contributed by atoms with Gasteiger partial charge in [-0.25, -0.2) is 9.29 Å². The average molecular weight is 487 g/mol. The first kappa shape index (κ1) is 23.3. The zero-order valence-electron chi connectivity index (χ0n) is 18.5. The van der Waals surface area contributed by atoms with Crippen LogP contribution >= 0.6 is 11.8 Å². The van der Waals surface area contributed by atoms with E-state index in [4.69, 9.17) is 9.47 Å². The Labute approximate surface area is 198 Å². The van der Waals surface area contributed by atoms with Gasteiger partial charge in [0.25, 0.3) is 0 Å². The predicted molar refractivity (Wildman–Crippen MR) is 129 cm³/mol. The van der Waals surface area contributed by atoms with Crippen LogP contribution in [0.2, 0.25) is 0 Å². The topological polar surface area (TPSA) is 84.9 Å². The molecule has 0 bridgehead atoms. The maximum Gasteiger partial charge on any atom is 0.305 e. The van der Waals surface area contributed by atoms with Crippen molar-refractivity contribution in [3.05, 3.63) is 71.8 Å². The summed E-state index contributed by atoms with van der Waals surface area (Å²) in [4.78, 5) is 9.02. The van der Waals surface area contributed by atoms with Crippen LogP contribution in [0.25, 0.3) is 0 Å². The molecule has 1 aliphatic rings. The minimum atomic E-state index is -3.76. The van der Waals surface area contributed by atoms with E-state index in [1.807, 2.05) is 54.6 Å². The van der Waals surface area contributed by atoms with Crippen LogP contribution in [0.15, 0.2) is 65.8 Å². The molecule has 8 nitrogen and oxygen atoms in total. The summed E-state index contributed by atoms with van der Waals surface area (Å²) in [5.41, 5.74) is 1.94. The van der Waals surface area contributed by atoms with E-state index in [0.29, 0.717) is 35.6 Å². The number of methoxy groups -OCH3 is 2. The van der Waals surface area contributed by atoms with Gasteiger partial charge < -0.3 is 9.47 Å². The molecule has 1 fully saturated rings. The quantitative estimate of drug-likeness (QED) is 0.319. The van der Waals surface area contributed by atoms with Crippen LogP contribution in [0.4, 0.5) is 5.82 Å². The van der Waals surface area contributed by atoms with Crippen molar-refractivity contribution >= 4 is 27.8 Å². The molecule has 0 saturated carbocycles. The Balaban J connectivity index is 1.67. The molecule has 0 atom stereocenters. The van der Waals surface area contributed by atoms with E-state index in [1.54, 1.807) is 13.2 Å². The molecule has 3 aromatic rings. The van der Waals surface area contributed by atoms with Crippen molar-refractivity contribution < 1.29 is 17.9 Å². The van der Waals surface area contributed by atoms with Gasteiger partial charge in [-0.15, -0.1) is 0 Å². The van der Waals surface area contributed by atoms with Crippen molar-refractivity contribution in [3.63, 3.8) is 0 Å². The second-order valence-electron chi connectivity index (χ2n) is 7.44. The van der Waals surface area contributed by atoms with Gasteiger partial charge in [0.05, 0.1) is 20.8 Å². The van der Waals surface area contributed by atoms with Gasteiger partial charge in [0, 0.05) is 24.9 Å². The molecule has 0 unspecified atom stereocenters. The maximum atomic E-state index is 13.5. The van der Waals surface area contributed by atoms with Gasteiger partial charge in [-0.05, 0) is 29.7 Å². The van der Waals surface area contributed by atoms with Gasteiger partial charge in [0.1, 0.15) is 5.75 Å². The number of thioether (sulfide) groups is 1. The molecule has 10 heteroatoms. The highest BCUT2D eigenvalue weighted by atomic mass is 32.2. The van der Waals surface area contributed by atoms with Crippen molar-refractivity contribution in [2.24, 2.45) is 0 Å². The summed E-state index contributed by atoms with van der Waals surface area (Å²) in [5.74, 6) is 1.96. The zero-order valence-corrected chi connectivity index (χ0v) is 20.2. The van der Waals surface area contributed by atoms with Crippen LogP contribution in [-0.4, -0.2) is 50.0 Å². The fourth-order valence-electron chi connectivity index (χ4n) is 3.25. The van der Waals surface area contributed by atoms with E-state index in [9.17, 15) is 8.42 Å². The zero-order chi connectivity index (χ0) is 23.3. The number of ether oxygens (including phenoxy) is 2. The number of benzene rings is 2. The van der Waals surface area contributed by atoms with Crippen molar-refractivity contribution in [2.45, 2.75) is 23.9 Å². The van der Waals surface area contributed by atoms with E-state index in [2.05, 4.69) is 9.97 Å². The Hall–Kier alpha value is -2.82. The van der Waals surface area contributed by atoms with Gasteiger partial charge >= 0.3 is 10.2 Å². The van der Waals surface area contributed by atoms with E-state index >= 15 is 0 Å². The molecule has 1 aromatic heterocycles. The van der Waals surface area contributed by atoms with E-state index in [-0.39, 0.29) is 12.4 Å². The van der Waals surface area contributed by atoms with Crippen LogP contribution in [0.5, 0.6) is 11.6 Å². The summed E-state index contributed by atoms with van der Waals surface area (Å²) >= 11 is 1.43. The fourth-order valence-corrected chi connectivity index (χ4v) is 5.69. The monoisotopic (exact) mass is 486 g/mol. The average Bonchev–Trinajstić information content (AvgIpc) is 2.80. The minimum Gasteiger partial charge on any atom is -0.497 e. The summed E-state index contributed by atoms with van der Waals surface area (Å²) in [5, 5.41) is 0.451. The Morgan fingerprint density at radius 3 is 2.30 bits per heavy atom. The van der Waals surface area contributed by atoms with Crippen molar-refractivity contribution in [1.82, 2.24) is 14.3 Å². The minimum absolute atomic E-state index is 0.131. The number of hydrogen-bond acceptors (Lipinski definition) is 7. The second kappa shape index (κ2) is 10.4. The van der Waals surface area contributed by atoms with E-state index in [0.717, 1.165) is 17.5 Å². The van der Waals surface area contributed by atoms with Crippen LogP contribution in [0, 0.1) is 0 Å². The first-order chi connectivity index (χ1) is 16.0. The highest BCUT2D eigenvalue weighted by Crippen LogP contribution is 2.30. The van der Waals surface area contributed by atoms with Gasteiger partial charge in [0.15, 0.2) is 11.0 Å². The number of nitrogens with zero attached hydrogens (tertiary/aromatic N) is 4. The molecular weight excluding hydrogens is 460 g/mol.